The van der Waals surface area contributed by atoms with Crippen molar-refractivity contribution in [2.45, 2.75) is 84.0 Å². The lowest BCUT2D eigenvalue weighted by molar-refractivity contribution is 0.272. The molecular weight excluding hydrogens is 519 g/mol. The maximum absolute atomic E-state index is 6.42. The van der Waals surface area contributed by atoms with Crippen LogP contribution in [0.4, 0.5) is 0 Å². The zero-order valence-electron chi connectivity index (χ0n) is 24.9. The van der Waals surface area contributed by atoms with E-state index in [1.165, 1.54) is 0 Å². The fraction of sp³-hybridized carbons (Fsp3) is 0.419. The molecule has 0 radical (unpaired) electrons. The molecule has 0 amide bonds. The standard InChI is InChI=1S/C31H43N5OSSi/c1-22(35-38(8)30(2,3)4)26-14-12-15-27(34-26)23-17-18-24-20-32-36(28(24)19-23)29-16-11-13-25(33-29)21-37-39(9,10)31(5,6)7/h11-20,22,35H,8,21H2,1-7,9-10H3/t22-,38+/m0/s1. The Morgan fingerprint density at radius 2 is 1.72 bits per heavy atom. The molecule has 0 fully saturated rings. The molecule has 4 rings (SSSR count). The minimum atomic E-state index is -1.87. The van der Waals surface area contributed by atoms with Crippen molar-refractivity contribution in [1.82, 2.24) is 24.5 Å². The molecule has 2 atom stereocenters. The number of hydrogen-bond donors (Lipinski definition) is 1. The monoisotopic (exact) mass is 561 g/mol. The predicted octanol–water partition coefficient (Wildman–Crippen LogP) is 8.07. The lowest BCUT2D eigenvalue weighted by Crippen LogP contribution is -2.40. The first-order chi connectivity index (χ1) is 18.2. The van der Waals surface area contributed by atoms with Crippen molar-refractivity contribution in [3.8, 4) is 17.1 Å². The molecule has 0 aliphatic rings. The topological polar surface area (TPSA) is 64.9 Å². The highest BCUT2D eigenvalue weighted by Crippen LogP contribution is 2.37. The summed E-state index contributed by atoms with van der Waals surface area (Å²) in [4.78, 5) is 9.92. The van der Waals surface area contributed by atoms with Crippen LogP contribution in [-0.4, -0.2) is 38.7 Å². The van der Waals surface area contributed by atoms with Crippen LogP contribution in [0.5, 0.6) is 0 Å². The second kappa shape index (κ2) is 11.1. The number of nitrogens with one attached hydrogen (secondary N) is 1. The highest BCUT2D eigenvalue weighted by atomic mass is 32.2. The lowest BCUT2D eigenvalue weighted by Gasteiger charge is -2.36. The van der Waals surface area contributed by atoms with Gasteiger partial charge in [0.05, 0.1) is 41.4 Å². The summed E-state index contributed by atoms with van der Waals surface area (Å²) >= 11 is 0. The van der Waals surface area contributed by atoms with Gasteiger partial charge < -0.3 is 4.43 Å². The first-order valence-electron chi connectivity index (χ1n) is 13.5. The third-order valence-corrected chi connectivity index (χ3v) is 14.1. The quantitative estimate of drug-likeness (QED) is 0.174. The van der Waals surface area contributed by atoms with Crippen LogP contribution in [0.15, 0.2) is 60.8 Å². The molecule has 208 valence electrons. The second-order valence-electron chi connectivity index (χ2n) is 12.7. The summed E-state index contributed by atoms with van der Waals surface area (Å²) in [6.07, 6.45) is 1.89. The van der Waals surface area contributed by atoms with E-state index in [1.54, 1.807) is 0 Å². The maximum atomic E-state index is 6.42. The molecule has 0 aliphatic carbocycles. The van der Waals surface area contributed by atoms with E-state index in [1.807, 2.05) is 29.1 Å². The number of aromatic nitrogens is 4. The molecule has 0 aliphatic heterocycles. The number of benzene rings is 1. The van der Waals surface area contributed by atoms with Gasteiger partial charge in [0.1, 0.15) is 0 Å². The second-order valence-corrected chi connectivity index (χ2v) is 19.7. The van der Waals surface area contributed by atoms with Gasteiger partial charge in [-0.05, 0) is 55.4 Å². The predicted molar refractivity (Wildman–Crippen MR) is 170 cm³/mol. The molecule has 4 aromatic rings. The first-order valence-corrected chi connectivity index (χ1v) is 17.8. The van der Waals surface area contributed by atoms with E-state index < -0.39 is 8.32 Å². The summed E-state index contributed by atoms with van der Waals surface area (Å²) in [7, 11) is -2.05. The summed E-state index contributed by atoms with van der Waals surface area (Å²) in [6, 6.07) is 18.7. The zero-order chi connectivity index (χ0) is 28.6. The average molecular weight is 562 g/mol. The Hall–Kier alpha value is -2.65. The number of pyridine rings is 2. The fourth-order valence-electron chi connectivity index (χ4n) is 3.80. The van der Waals surface area contributed by atoms with Gasteiger partial charge in [0.2, 0.25) is 0 Å². The Morgan fingerprint density at radius 3 is 2.41 bits per heavy atom. The summed E-state index contributed by atoms with van der Waals surface area (Å²) in [5.74, 6) is 5.11. The van der Waals surface area contributed by atoms with Gasteiger partial charge in [-0.15, -0.1) is 10.7 Å². The highest BCUT2D eigenvalue weighted by molar-refractivity contribution is 8.13. The van der Waals surface area contributed by atoms with Gasteiger partial charge in [-0.1, -0.05) is 71.7 Å². The molecule has 1 aromatic carbocycles. The molecule has 3 aromatic heterocycles. The largest absolute Gasteiger partial charge is 0.411 e. The number of nitrogens with zero attached hydrogens (tertiary/aromatic N) is 4. The van der Waals surface area contributed by atoms with E-state index in [0.29, 0.717) is 6.61 Å². The van der Waals surface area contributed by atoms with Crippen molar-refractivity contribution in [3.05, 3.63) is 72.2 Å². The third-order valence-electron chi connectivity index (χ3n) is 7.54. The molecule has 6 nitrogen and oxygen atoms in total. The number of rotatable bonds is 8. The van der Waals surface area contributed by atoms with Crippen molar-refractivity contribution in [3.63, 3.8) is 0 Å². The highest BCUT2D eigenvalue weighted by Gasteiger charge is 2.37. The molecule has 0 bridgehead atoms. The Morgan fingerprint density at radius 1 is 1.00 bits per heavy atom. The summed E-state index contributed by atoms with van der Waals surface area (Å²) in [6.45, 7) is 20.6. The molecule has 0 spiro atoms. The van der Waals surface area contributed by atoms with Gasteiger partial charge in [0, 0.05) is 15.7 Å². The van der Waals surface area contributed by atoms with E-state index >= 15 is 0 Å². The van der Waals surface area contributed by atoms with Crippen LogP contribution in [0.25, 0.3) is 28.0 Å². The van der Waals surface area contributed by atoms with Gasteiger partial charge in [-0.3, -0.25) is 9.71 Å². The van der Waals surface area contributed by atoms with Crippen LogP contribution in [0.2, 0.25) is 18.1 Å². The van der Waals surface area contributed by atoms with Gasteiger partial charge in [-0.25, -0.2) is 9.67 Å². The van der Waals surface area contributed by atoms with Gasteiger partial charge in [0.25, 0.3) is 0 Å². The average Bonchev–Trinajstić information content (AvgIpc) is 3.30. The molecular formula is C31H43N5OSSi. The van der Waals surface area contributed by atoms with Crippen molar-refractivity contribution >= 4 is 35.8 Å². The minimum absolute atomic E-state index is 0.0948. The molecule has 0 saturated carbocycles. The normalized spacial score (nSPS) is 14.5. The van der Waals surface area contributed by atoms with Crippen LogP contribution in [0.1, 0.15) is 65.9 Å². The summed E-state index contributed by atoms with van der Waals surface area (Å²) in [5, 5.41) is 5.89. The van der Waals surface area contributed by atoms with Crippen molar-refractivity contribution in [2.75, 3.05) is 0 Å². The van der Waals surface area contributed by atoms with Gasteiger partial charge >= 0.3 is 0 Å². The SMILES string of the molecule is C=[S@@](N[C@@H](C)c1cccc(-c2ccc3cnn(-c4cccc(CO[Si](C)(C)C(C)(C)C)n4)c3c2)n1)C(C)(C)C. The molecule has 3 heterocycles. The third kappa shape index (κ3) is 6.74. The first kappa shape index (κ1) is 29.3. The number of fused-ring (bicyclic) bond motifs is 1. The van der Waals surface area contributed by atoms with Gasteiger partial charge in [0.15, 0.2) is 14.1 Å². The Labute approximate surface area is 237 Å². The molecule has 1 N–H and O–H groups in total. The zero-order valence-corrected chi connectivity index (χ0v) is 26.7. The van der Waals surface area contributed by atoms with Gasteiger partial charge in [-0.2, -0.15) is 5.10 Å². The molecule has 39 heavy (non-hydrogen) atoms. The van der Waals surface area contributed by atoms with E-state index in [-0.39, 0.29) is 26.5 Å². The maximum Gasteiger partial charge on any atom is 0.192 e. The van der Waals surface area contributed by atoms with Crippen LogP contribution >= 0.6 is 10.7 Å². The van der Waals surface area contributed by atoms with E-state index in [0.717, 1.165) is 39.4 Å². The van der Waals surface area contributed by atoms with E-state index in [9.17, 15) is 0 Å². The van der Waals surface area contributed by atoms with Crippen molar-refractivity contribution < 1.29 is 4.43 Å². The fourth-order valence-corrected chi connectivity index (χ4v) is 5.64. The number of hydrogen-bond acceptors (Lipinski definition) is 5. The Kier molecular flexibility index (Phi) is 8.33. The summed E-state index contributed by atoms with van der Waals surface area (Å²) < 4.78 is 12.0. The molecule has 0 saturated heterocycles. The van der Waals surface area contributed by atoms with Crippen molar-refractivity contribution in [2.24, 2.45) is 0 Å². The minimum Gasteiger partial charge on any atom is -0.411 e. The summed E-state index contributed by atoms with van der Waals surface area (Å²) in [5.41, 5.74) is 4.88. The van der Waals surface area contributed by atoms with Crippen molar-refractivity contribution in [1.29, 1.82) is 0 Å². The smallest absolute Gasteiger partial charge is 0.192 e. The Balaban J connectivity index is 1.61. The van der Waals surface area contributed by atoms with E-state index in [2.05, 4.69) is 114 Å². The Bertz CT molecular complexity index is 1480. The van der Waals surface area contributed by atoms with Crippen LogP contribution in [0.3, 0.4) is 0 Å². The van der Waals surface area contributed by atoms with E-state index in [4.69, 9.17) is 14.4 Å². The molecule has 8 heteroatoms. The lowest BCUT2D eigenvalue weighted by atomic mass is 10.1. The molecule has 0 unspecified atom stereocenters. The van der Waals surface area contributed by atoms with Crippen LogP contribution in [0, 0.1) is 0 Å². The van der Waals surface area contributed by atoms with Crippen LogP contribution < -0.4 is 4.72 Å². The van der Waals surface area contributed by atoms with Crippen LogP contribution in [-0.2, 0) is 11.0 Å².